The van der Waals surface area contributed by atoms with Crippen LogP contribution in [0.4, 0.5) is 0 Å². The maximum Gasteiger partial charge on any atom is 0.0320 e. The Morgan fingerprint density at radius 1 is 1.00 bits per heavy atom. The number of aryl methyl sites for hydroxylation is 1. The topological polar surface area (TPSA) is 12.0 Å². The average Bonchev–Trinajstić information content (AvgIpc) is 2.51. The predicted molar refractivity (Wildman–Crippen MR) is 91.6 cm³/mol. The molecule has 1 N–H and O–H groups in total. The lowest BCUT2D eigenvalue weighted by Gasteiger charge is -2.19. The van der Waals surface area contributed by atoms with Crippen molar-refractivity contribution in [3.8, 4) is 0 Å². The largest absolute Gasteiger partial charge is 0.310 e. The molecule has 2 aromatic carbocycles. The van der Waals surface area contributed by atoms with Gasteiger partial charge in [0.25, 0.3) is 0 Å². The van der Waals surface area contributed by atoms with Gasteiger partial charge in [-0.25, -0.2) is 0 Å². The summed E-state index contributed by atoms with van der Waals surface area (Å²) in [5.41, 5.74) is 4.18. The normalized spacial score (nSPS) is 12.3. The van der Waals surface area contributed by atoms with E-state index < -0.39 is 0 Å². The predicted octanol–water partition coefficient (Wildman–Crippen LogP) is 5.06. The van der Waals surface area contributed by atoms with Crippen molar-refractivity contribution in [2.75, 3.05) is 6.54 Å². The van der Waals surface area contributed by atoms with Crippen molar-refractivity contribution in [3.05, 3.63) is 71.3 Å². The van der Waals surface area contributed by atoms with Crippen LogP contribution in [0.5, 0.6) is 0 Å². The Hall–Kier alpha value is -1.60. The lowest BCUT2D eigenvalue weighted by molar-refractivity contribution is 0.484. The van der Waals surface area contributed by atoms with Crippen LogP contribution in [-0.4, -0.2) is 6.54 Å². The molecular formula is C20H27N. The third-order valence-electron chi connectivity index (χ3n) is 3.94. The van der Waals surface area contributed by atoms with Crippen LogP contribution in [0, 0.1) is 6.92 Å². The smallest absolute Gasteiger partial charge is 0.0320 e. The zero-order valence-electron chi connectivity index (χ0n) is 13.3. The van der Waals surface area contributed by atoms with E-state index in [-0.39, 0.29) is 0 Å². The van der Waals surface area contributed by atoms with Crippen molar-refractivity contribution in [1.29, 1.82) is 0 Å². The van der Waals surface area contributed by atoms with Crippen LogP contribution in [0.3, 0.4) is 0 Å². The highest BCUT2D eigenvalue weighted by Crippen LogP contribution is 2.19. The van der Waals surface area contributed by atoms with Gasteiger partial charge >= 0.3 is 0 Å². The fourth-order valence-electron chi connectivity index (χ4n) is 2.74. The Balaban J connectivity index is 1.90. The molecule has 0 spiro atoms. The second kappa shape index (κ2) is 8.63. The Morgan fingerprint density at radius 2 is 1.81 bits per heavy atom. The highest BCUT2D eigenvalue weighted by molar-refractivity contribution is 5.23. The van der Waals surface area contributed by atoms with Gasteiger partial charge in [0.1, 0.15) is 0 Å². The number of hydrogen-bond donors (Lipinski definition) is 1. The second-order valence-electron chi connectivity index (χ2n) is 5.80. The third-order valence-corrected chi connectivity index (χ3v) is 3.94. The minimum absolute atomic E-state index is 0.482. The zero-order valence-corrected chi connectivity index (χ0v) is 13.3. The molecule has 1 nitrogen and oxygen atoms in total. The molecule has 0 fully saturated rings. The second-order valence-corrected chi connectivity index (χ2v) is 5.80. The Bertz CT molecular complexity index is 518. The van der Waals surface area contributed by atoms with Gasteiger partial charge in [-0.1, -0.05) is 79.9 Å². The first-order valence-corrected chi connectivity index (χ1v) is 8.13. The van der Waals surface area contributed by atoms with Gasteiger partial charge in [-0.05, 0) is 37.4 Å². The zero-order chi connectivity index (χ0) is 14.9. The summed E-state index contributed by atoms with van der Waals surface area (Å²) >= 11 is 0. The number of nitrogens with one attached hydrogen (secondary N) is 1. The number of benzene rings is 2. The summed E-state index contributed by atoms with van der Waals surface area (Å²) in [6, 6.07) is 20.1. The van der Waals surface area contributed by atoms with Gasteiger partial charge in [0, 0.05) is 6.04 Å². The van der Waals surface area contributed by atoms with Gasteiger partial charge in [-0.15, -0.1) is 0 Å². The quantitative estimate of drug-likeness (QED) is 0.713. The first-order chi connectivity index (χ1) is 10.3. The van der Waals surface area contributed by atoms with Crippen LogP contribution in [0.15, 0.2) is 54.6 Å². The lowest BCUT2D eigenvalue weighted by Crippen LogP contribution is -2.23. The highest BCUT2D eigenvalue weighted by Gasteiger charge is 2.09. The molecule has 0 radical (unpaired) electrons. The monoisotopic (exact) mass is 281 g/mol. The average molecular weight is 281 g/mol. The van der Waals surface area contributed by atoms with E-state index in [9.17, 15) is 0 Å². The van der Waals surface area contributed by atoms with E-state index in [1.807, 2.05) is 0 Å². The molecule has 0 saturated carbocycles. The Labute approximate surface area is 129 Å². The summed E-state index contributed by atoms with van der Waals surface area (Å²) in [6.07, 6.45) is 4.84. The van der Waals surface area contributed by atoms with E-state index in [1.165, 1.54) is 36.0 Å². The minimum Gasteiger partial charge on any atom is -0.310 e. The molecule has 0 heterocycles. The molecule has 2 rings (SSSR count). The molecule has 0 saturated heterocycles. The Morgan fingerprint density at radius 3 is 2.52 bits per heavy atom. The van der Waals surface area contributed by atoms with Crippen molar-refractivity contribution < 1.29 is 0 Å². The summed E-state index contributed by atoms with van der Waals surface area (Å²) in [4.78, 5) is 0. The van der Waals surface area contributed by atoms with E-state index in [2.05, 4.69) is 73.8 Å². The van der Waals surface area contributed by atoms with Gasteiger partial charge in [0.15, 0.2) is 0 Å². The van der Waals surface area contributed by atoms with Crippen LogP contribution in [0.2, 0.25) is 0 Å². The lowest BCUT2D eigenvalue weighted by atomic mass is 10.0. The van der Waals surface area contributed by atoms with Crippen LogP contribution in [0.1, 0.15) is 48.9 Å². The molecule has 0 amide bonds. The Kier molecular flexibility index (Phi) is 6.49. The number of rotatable bonds is 8. The molecule has 1 heteroatoms. The number of hydrogen-bond acceptors (Lipinski definition) is 1. The van der Waals surface area contributed by atoms with E-state index in [4.69, 9.17) is 0 Å². The third kappa shape index (κ3) is 5.35. The summed E-state index contributed by atoms with van der Waals surface area (Å²) in [6.45, 7) is 5.45. The van der Waals surface area contributed by atoms with Gasteiger partial charge in [0.05, 0.1) is 0 Å². The SMILES string of the molecule is CCCCC(NCCc1cccc(C)c1)c1ccccc1. The molecule has 1 unspecified atom stereocenters. The minimum atomic E-state index is 0.482. The molecular weight excluding hydrogens is 254 g/mol. The van der Waals surface area contributed by atoms with E-state index >= 15 is 0 Å². The van der Waals surface area contributed by atoms with Gasteiger partial charge in [-0.2, -0.15) is 0 Å². The molecule has 2 aromatic rings. The molecule has 1 atom stereocenters. The molecule has 0 aromatic heterocycles. The molecule has 0 aliphatic heterocycles. The van der Waals surface area contributed by atoms with Crippen LogP contribution >= 0.6 is 0 Å². The number of unbranched alkanes of at least 4 members (excludes halogenated alkanes) is 1. The van der Waals surface area contributed by atoms with E-state index in [0.717, 1.165) is 13.0 Å². The summed E-state index contributed by atoms with van der Waals surface area (Å²) in [7, 11) is 0. The summed E-state index contributed by atoms with van der Waals surface area (Å²) in [5.74, 6) is 0. The van der Waals surface area contributed by atoms with Crippen LogP contribution in [-0.2, 0) is 6.42 Å². The first kappa shape index (κ1) is 15.8. The van der Waals surface area contributed by atoms with Gasteiger partial charge in [-0.3, -0.25) is 0 Å². The molecule has 21 heavy (non-hydrogen) atoms. The van der Waals surface area contributed by atoms with Crippen molar-refractivity contribution in [2.45, 2.75) is 45.6 Å². The standard InChI is InChI=1S/C20H27N/c1-3-4-13-20(19-11-6-5-7-12-19)21-15-14-18-10-8-9-17(2)16-18/h5-12,16,20-21H,3-4,13-15H2,1-2H3. The molecule has 0 aliphatic rings. The highest BCUT2D eigenvalue weighted by atomic mass is 14.9. The van der Waals surface area contributed by atoms with E-state index in [0.29, 0.717) is 6.04 Å². The van der Waals surface area contributed by atoms with Crippen LogP contribution < -0.4 is 5.32 Å². The fraction of sp³-hybridized carbons (Fsp3) is 0.400. The van der Waals surface area contributed by atoms with E-state index in [1.54, 1.807) is 0 Å². The maximum atomic E-state index is 3.74. The van der Waals surface area contributed by atoms with Crippen molar-refractivity contribution in [2.24, 2.45) is 0 Å². The molecule has 0 bridgehead atoms. The van der Waals surface area contributed by atoms with Crippen molar-refractivity contribution in [3.63, 3.8) is 0 Å². The molecule has 0 aliphatic carbocycles. The fourth-order valence-corrected chi connectivity index (χ4v) is 2.74. The first-order valence-electron chi connectivity index (χ1n) is 8.13. The van der Waals surface area contributed by atoms with Crippen molar-refractivity contribution >= 4 is 0 Å². The van der Waals surface area contributed by atoms with Crippen LogP contribution in [0.25, 0.3) is 0 Å². The molecule has 112 valence electrons. The van der Waals surface area contributed by atoms with Gasteiger partial charge in [0.2, 0.25) is 0 Å². The maximum absolute atomic E-state index is 3.74. The van der Waals surface area contributed by atoms with Gasteiger partial charge < -0.3 is 5.32 Å². The summed E-state index contributed by atoms with van der Waals surface area (Å²) < 4.78 is 0. The van der Waals surface area contributed by atoms with Crippen molar-refractivity contribution in [1.82, 2.24) is 5.32 Å². The summed E-state index contributed by atoms with van der Waals surface area (Å²) in [5, 5.41) is 3.74.